The second kappa shape index (κ2) is 10.4. The number of nitrogens with two attached hydrogens (primary N) is 2. The van der Waals surface area contributed by atoms with E-state index in [2.05, 4.69) is 39.0 Å². The Morgan fingerprint density at radius 1 is 0.727 bits per heavy atom. The normalized spacial score (nSPS) is 11.1. The Hall–Kier alpha value is -3.45. The van der Waals surface area contributed by atoms with Crippen LogP contribution in [-0.4, -0.2) is 16.4 Å². The molecule has 6 N–H and O–H groups in total. The van der Waals surface area contributed by atoms with Crippen molar-refractivity contribution in [2.75, 3.05) is 0 Å². The largest absolute Gasteiger partial charge is 0.489 e. The fourth-order valence-electron chi connectivity index (χ4n) is 3.10. The van der Waals surface area contributed by atoms with Gasteiger partial charge in [-0.15, -0.1) is 11.8 Å². The van der Waals surface area contributed by atoms with Crippen molar-refractivity contribution in [2.24, 2.45) is 11.5 Å². The molecule has 0 radical (unpaired) electrons. The summed E-state index contributed by atoms with van der Waals surface area (Å²) >= 11 is 1.80. The number of benzene rings is 3. The lowest BCUT2D eigenvalue weighted by Gasteiger charge is -2.19. The van der Waals surface area contributed by atoms with Gasteiger partial charge in [0.25, 0.3) is 0 Å². The first-order valence-corrected chi connectivity index (χ1v) is 11.4. The number of ether oxygens (including phenoxy) is 2. The second-order valence-corrected chi connectivity index (χ2v) is 10.6. The van der Waals surface area contributed by atoms with Crippen LogP contribution >= 0.6 is 11.8 Å². The van der Waals surface area contributed by atoms with Crippen LogP contribution in [0.2, 0.25) is 0 Å². The van der Waals surface area contributed by atoms with Crippen molar-refractivity contribution in [3.8, 4) is 11.5 Å². The van der Waals surface area contributed by atoms with Crippen LogP contribution in [0.1, 0.15) is 43.0 Å². The van der Waals surface area contributed by atoms with E-state index < -0.39 is 0 Å². The van der Waals surface area contributed by atoms with Gasteiger partial charge in [-0.2, -0.15) is 0 Å². The summed E-state index contributed by atoms with van der Waals surface area (Å²) in [5.41, 5.74) is 14.5. The van der Waals surface area contributed by atoms with Gasteiger partial charge in [-0.1, -0.05) is 20.8 Å². The molecule has 0 bridgehead atoms. The topological polar surface area (TPSA) is 118 Å². The summed E-state index contributed by atoms with van der Waals surface area (Å²) < 4.78 is 12.0. The first-order chi connectivity index (χ1) is 15.6. The van der Waals surface area contributed by atoms with Gasteiger partial charge in [0.05, 0.1) is 0 Å². The van der Waals surface area contributed by atoms with Crippen LogP contribution in [0, 0.1) is 10.8 Å². The van der Waals surface area contributed by atoms with Crippen molar-refractivity contribution in [3.05, 3.63) is 89.0 Å². The first kappa shape index (κ1) is 24.2. The van der Waals surface area contributed by atoms with Gasteiger partial charge in [0.2, 0.25) is 0 Å². The maximum atomic E-state index is 7.50. The van der Waals surface area contributed by atoms with Crippen molar-refractivity contribution in [3.63, 3.8) is 0 Å². The van der Waals surface area contributed by atoms with Crippen molar-refractivity contribution < 1.29 is 9.47 Å². The fourth-order valence-corrected chi connectivity index (χ4v) is 4.23. The lowest BCUT2D eigenvalue weighted by molar-refractivity contribution is 0.299. The molecule has 33 heavy (non-hydrogen) atoms. The van der Waals surface area contributed by atoms with Crippen LogP contribution in [0.4, 0.5) is 0 Å². The number of thioether (sulfide) groups is 1. The molecule has 3 aromatic rings. The van der Waals surface area contributed by atoms with Gasteiger partial charge in [0.1, 0.15) is 36.4 Å². The van der Waals surface area contributed by atoms with E-state index in [1.807, 2.05) is 24.3 Å². The van der Waals surface area contributed by atoms with Gasteiger partial charge >= 0.3 is 0 Å². The van der Waals surface area contributed by atoms with Crippen LogP contribution in [0.25, 0.3) is 0 Å². The molecule has 0 amide bonds. The summed E-state index contributed by atoms with van der Waals surface area (Å²) in [4.78, 5) is 1.15. The average molecular weight is 463 g/mol. The number of hydrogen-bond donors (Lipinski definition) is 4. The van der Waals surface area contributed by atoms with Gasteiger partial charge in [-0.25, -0.2) is 0 Å². The molecule has 0 saturated carbocycles. The zero-order chi connectivity index (χ0) is 24.0. The van der Waals surface area contributed by atoms with Crippen LogP contribution in [-0.2, 0) is 13.2 Å². The predicted molar refractivity (Wildman–Crippen MR) is 136 cm³/mol. The number of nitrogens with one attached hydrogen (secondary N) is 2. The molecule has 3 aromatic carbocycles. The maximum Gasteiger partial charge on any atom is 0.122 e. The molecule has 0 heterocycles. The Balaban J connectivity index is 1.73. The van der Waals surface area contributed by atoms with Crippen molar-refractivity contribution >= 4 is 23.4 Å². The van der Waals surface area contributed by atoms with Crippen LogP contribution in [0.3, 0.4) is 0 Å². The highest BCUT2D eigenvalue weighted by molar-refractivity contribution is 8.00. The van der Waals surface area contributed by atoms with Crippen molar-refractivity contribution in [2.45, 2.75) is 43.6 Å². The third-order valence-electron chi connectivity index (χ3n) is 4.59. The summed E-state index contributed by atoms with van der Waals surface area (Å²) in [7, 11) is 0. The minimum atomic E-state index is 0.0361. The zero-order valence-electron chi connectivity index (χ0n) is 19.1. The molecule has 172 valence electrons. The molecular formula is C26H30N4O2S. The van der Waals surface area contributed by atoms with Gasteiger partial charge in [0.15, 0.2) is 0 Å². The molecule has 0 saturated heterocycles. The van der Waals surface area contributed by atoms with Crippen LogP contribution < -0.4 is 20.9 Å². The van der Waals surface area contributed by atoms with E-state index in [4.69, 9.17) is 31.8 Å². The molecule has 0 atom stereocenters. The third-order valence-corrected chi connectivity index (χ3v) is 5.68. The molecule has 0 unspecified atom stereocenters. The predicted octanol–water partition coefficient (Wildman–Crippen LogP) is 5.30. The molecule has 6 nitrogen and oxygen atoms in total. The molecule has 0 spiro atoms. The van der Waals surface area contributed by atoms with E-state index in [0.717, 1.165) is 27.5 Å². The molecule has 0 aliphatic carbocycles. The lowest BCUT2D eigenvalue weighted by atomic mass is 10.1. The minimum Gasteiger partial charge on any atom is -0.489 e. The summed E-state index contributed by atoms with van der Waals surface area (Å²) in [6, 6.07) is 20.8. The van der Waals surface area contributed by atoms with Gasteiger partial charge < -0.3 is 20.9 Å². The molecule has 7 heteroatoms. The minimum absolute atomic E-state index is 0.0361. The molecule has 0 aromatic heterocycles. The molecule has 3 rings (SSSR count). The molecule has 0 fully saturated rings. The Kier molecular flexibility index (Phi) is 7.66. The summed E-state index contributed by atoms with van der Waals surface area (Å²) in [6.07, 6.45) is 0. The SMILES string of the molecule is CC(C)(C)Sc1cc(COc2ccc(C(=N)N)cc2)cc(COc2ccc(C(=N)N)cc2)c1. The highest BCUT2D eigenvalue weighted by atomic mass is 32.2. The third kappa shape index (κ3) is 7.57. The standard InChI is InChI=1S/C26H30N4O2S/c1-26(2,3)33-23-13-17(15-31-21-8-4-19(5-9-21)24(27)28)12-18(14-23)16-32-22-10-6-20(7-11-22)25(29)30/h4-14H,15-16H2,1-3H3,(H3,27,28)(H3,29,30). The molecular weight excluding hydrogens is 432 g/mol. The summed E-state index contributed by atoms with van der Waals surface area (Å²) in [6.45, 7) is 7.38. The van der Waals surface area contributed by atoms with Gasteiger partial charge in [0, 0.05) is 20.8 Å². The Labute approximate surface area is 199 Å². The van der Waals surface area contributed by atoms with Crippen molar-refractivity contribution in [1.82, 2.24) is 0 Å². The summed E-state index contributed by atoms with van der Waals surface area (Å²) in [5.74, 6) is 1.51. The number of hydrogen-bond acceptors (Lipinski definition) is 5. The van der Waals surface area contributed by atoms with E-state index in [-0.39, 0.29) is 16.4 Å². The van der Waals surface area contributed by atoms with Crippen molar-refractivity contribution in [1.29, 1.82) is 10.8 Å². The monoisotopic (exact) mass is 462 g/mol. The Morgan fingerprint density at radius 3 is 1.45 bits per heavy atom. The number of amidine groups is 2. The van der Waals surface area contributed by atoms with Gasteiger partial charge in [-0.05, 0) is 77.9 Å². The zero-order valence-corrected chi connectivity index (χ0v) is 20.0. The van der Waals surface area contributed by atoms with E-state index in [1.165, 1.54) is 0 Å². The molecule has 0 aliphatic rings. The molecule has 0 aliphatic heterocycles. The van der Waals surface area contributed by atoms with E-state index in [0.29, 0.717) is 24.3 Å². The van der Waals surface area contributed by atoms with E-state index in [1.54, 1.807) is 36.0 Å². The van der Waals surface area contributed by atoms with Gasteiger partial charge in [-0.3, -0.25) is 10.8 Å². The highest BCUT2D eigenvalue weighted by Crippen LogP contribution is 2.33. The quantitative estimate of drug-likeness (QED) is 0.195. The smallest absolute Gasteiger partial charge is 0.122 e. The fraction of sp³-hybridized carbons (Fsp3) is 0.231. The Bertz CT molecular complexity index is 1040. The van der Waals surface area contributed by atoms with E-state index in [9.17, 15) is 0 Å². The van der Waals surface area contributed by atoms with Crippen LogP contribution in [0.5, 0.6) is 11.5 Å². The van der Waals surface area contributed by atoms with Crippen LogP contribution in [0.15, 0.2) is 71.6 Å². The summed E-state index contributed by atoms with van der Waals surface area (Å²) in [5, 5.41) is 15.0. The second-order valence-electron chi connectivity index (χ2n) is 8.65. The number of rotatable bonds is 9. The number of nitrogen functional groups attached to an aromatic ring is 2. The Morgan fingerprint density at radius 2 is 1.12 bits per heavy atom. The highest BCUT2D eigenvalue weighted by Gasteiger charge is 2.14. The van der Waals surface area contributed by atoms with E-state index >= 15 is 0 Å². The maximum absolute atomic E-state index is 7.50. The lowest BCUT2D eigenvalue weighted by Crippen LogP contribution is -2.10. The average Bonchev–Trinajstić information content (AvgIpc) is 2.75. The first-order valence-electron chi connectivity index (χ1n) is 10.6.